The standard InChI is InChI=1S/C14H11F3N2O/c1-7-2-3-9(15)8(6-7)14(20)19-13-11(18)5-4-10(16)12(13)17/h2-6H,18H2,1H3,(H,19,20). The molecule has 2 rings (SSSR count). The Bertz CT molecular complexity index is 686. The van der Waals surface area contributed by atoms with Gasteiger partial charge in [0.1, 0.15) is 11.5 Å². The number of carbonyl (C=O) groups excluding carboxylic acids is 1. The van der Waals surface area contributed by atoms with Gasteiger partial charge < -0.3 is 11.1 Å². The van der Waals surface area contributed by atoms with Gasteiger partial charge in [0.2, 0.25) is 0 Å². The summed E-state index contributed by atoms with van der Waals surface area (Å²) in [6, 6.07) is 5.87. The van der Waals surface area contributed by atoms with Crippen molar-refractivity contribution in [3.63, 3.8) is 0 Å². The zero-order valence-electron chi connectivity index (χ0n) is 10.5. The Labute approximate surface area is 113 Å². The van der Waals surface area contributed by atoms with E-state index in [2.05, 4.69) is 5.32 Å². The first-order valence-electron chi connectivity index (χ1n) is 5.71. The minimum atomic E-state index is -1.29. The number of nitrogens with one attached hydrogen (secondary N) is 1. The van der Waals surface area contributed by atoms with Gasteiger partial charge in [-0.25, -0.2) is 13.2 Å². The third kappa shape index (κ3) is 2.59. The van der Waals surface area contributed by atoms with E-state index >= 15 is 0 Å². The lowest BCUT2D eigenvalue weighted by Gasteiger charge is -2.10. The Kier molecular flexibility index (Phi) is 3.65. The topological polar surface area (TPSA) is 55.1 Å². The molecule has 0 aliphatic heterocycles. The molecule has 2 aromatic rings. The molecule has 1 amide bonds. The van der Waals surface area contributed by atoms with Crippen LogP contribution in [-0.4, -0.2) is 5.91 Å². The Morgan fingerprint density at radius 3 is 2.45 bits per heavy atom. The summed E-state index contributed by atoms with van der Waals surface area (Å²) in [5.74, 6) is -4.10. The molecule has 0 bridgehead atoms. The van der Waals surface area contributed by atoms with Gasteiger partial charge in [-0.3, -0.25) is 4.79 Å². The van der Waals surface area contributed by atoms with Crippen LogP contribution in [0.15, 0.2) is 30.3 Å². The largest absolute Gasteiger partial charge is 0.397 e. The minimum absolute atomic E-state index is 0.148. The summed E-state index contributed by atoms with van der Waals surface area (Å²) in [5, 5.41) is 2.08. The molecule has 0 atom stereocenters. The molecule has 0 radical (unpaired) electrons. The fourth-order valence-electron chi connectivity index (χ4n) is 1.69. The van der Waals surface area contributed by atoms with E-state index in [1.165, 1.54) is 12.1 Å². The molecule has 0 fully saturated rings. The lowest BCUT2D eigenvalue weighted by molar-refractivity contribution is 0.102. The second-order valence-electron chi connectivity index (χ2n) is 4.26. The van der Waals surface area contributed by atoms with E-state index in [0.29, 0.717) is 5.56 Å². The van der Waals surface area contributed by atoms with Gasteiger partial charge in [-0.2, -0.15) is 0 Å². The number of hydrogen-bond donors (Lipinski definition) is 2. The van der Waals surface area contributed by atoms with Gasteiger partial charge in [0.15, 0.2) is 11.6 Å². The van der Waals surface area contributed by atoms with E-state index < -0.39 is 29.0 Å². The maximum absolute atomic E-state index is 13.6. The van der Waals surface area contributed by atoms with Crippen LogP contribution in [0.1, 0.15) is 15.9 Å². The summed E-state index contributed by atoms with van der Waals surface area (Å²) in [6.07, 6.45) is 0. The average Bonchev–Trinajstić information content (AvgIpc) is 2.41. The molecule has 0 spiro atoms. The predicted octanol–water partition coefficient (Wildman–Crippen LogP) is 3.25. The van der Waals surface area contributed by atoms with E-state index in [9.17, 15) is 18.0 Å². The fraction of sp³-hybridized carbons (Fsp3) is 0.0714. The number of carbonyl (C=O) groups is 1. The second-order valence-corrected chi connectivity index (χ2v) is 4.26. The van der Waals surface area contributed by atoms with E-state index in [0.717, 1.165) is 18.2 Å². The highest BCUT2D eigenvalue weighted by atomic mass is 19.2. The molecule has 0 unspecified atom stereocenters. The van der Waals surface area contributed by atoms with Crippen LogP contribution in [0.3, 0.4) is 0 Å². The normalized spacial score (nSPS) is 10.4. The quantitative estimate of drug-likeness (QED) is 0.830. The molecule has 0 aliphatic rings. The van der Waals surface area contributed by atoms with Crippen molar-refractivity contribution in [2.75, 3.05) is 11.1 Å². The highest BCUT2D eigenvalue weighted by Crippen LogP contribution is 2.25. The molecule has 104 valence electrons. The number of rotatable bonds is 2. The summed E-state index contributed by atoms with van der Waals surface area (Å²) in [6.45, 7) is 1.67. The molecule has 0 saturated heterocycles. The van der Waals surface area contributed by atoms with Gasteiger partial charge in [-0.05, 0) is 31.2 Å². The highest BCUT2D eigenvalue weighted by molar-refractivity contribution is 6.06. The van der Waals surface area contributed by atoms with Gasteiger partial charge in [-0.15, -0.1) is 0 Å². The number of anilines is 2. The lowest BCUT2D eigenvalue weighted by atomic mass is 10.1. The summed E-state index contributed by atoms with van der Waals surface area (Å²) in [4.78, 5) is 11.9. The van der Waals surface area contributed by atoms with Crippen LogP contribution in [0.5, 0.6) is 0 Å². The van der Waals surface area contributed by atoms with Gasteiger partial charge in [-0.1, -0.05) is 11.6 Å². The van der Waals surface area contributed by atoms with Crippen LogP contribution < -0.4 is 11.1 Å². The van der Waals surface area contributed by atoms with Crippen LogP contribution in [0.4, 0.5) is 24.5 Å². The monoisotopic (exact) mass is 280 g/mol. The van der Waals surface area contributed by atoms with E-state index in [-0.39, 0.29) is 11.3 Å². The number of halogens is 3. The summed E-state index contributed by atoms with van der Waals surface area (Å²) in [5.41, 5.74) is 5.20. The third-order valence-electron chi connectivity index (χ3n) is 2.73. The number of hydrogen-bond acceptors (Lipinski definition) is 2. The van der Waals surface area contributed by atoms with Crippen molar-refractivity contribution >= 4 is 17.3 Å². The van der Waals surface area contributed by atoms with Crippen molar-refractivity contribution in [1.82, 2.24) is 0 Å². The molecule has 0 aromatic heterocycles. The van der Waals surface area contributed by atoms with Crippen molar-refractivity contribution < 1.29 is 18.0 Å². The smallest absolute Gasteiger partial charge is 0.258 e. The van der Waals surface area contributed by atoms with Crippen molar-refractivity contribution in [3.8, 4) is 0 Å². The first kappa shape index (κ1) is 13.9. The van der Waals surface area contributed by atoms with E-state index in [4.69, 9.17) is 5.73 Å². The van der Waals surface area contributed by atoms with Crippen LogP contribution in [0, 0.1) is 24.4 Å². The van der Waals surface area contributed by atoms with Crippen molar-refractivity contribution in [2.24, 2.45) is 0 Å². The number of benzene rings is 2. The van der Waals surface area contributed by atoms with Crippen LogP contribution >= 0.6 is 0 Å². The molecule has 2 aromatic carbocycles. The number of aryl methyl sites for hydroxylation is 1. The summed E-state index contributed by atoms with van der Waals surface area (Å²) < 4.78 is 40.2. The molecular formula is C14H11F3N2O. The Balaban J connectivity index is 2.38. The number of nitrogen functional groups attached to an aromatic ring is 1. The van der Waals surface area contributed by atoms with Crippen LogP contribution in [0.25, 0.3) is 0 Å². The maximum Gasteiger partial charge on any atom is 0.258 e. The predicted molar refractivity (Wildman–Crippen MR) is 69.9 cm³/mol. The van der Waals surface area contributed by atoms with E-state index in [1.54, 1.807) is 6.92 Å². The Morgan fingerprint density at radius 2 is 1.75 bits per heavy atom. The van der Waals surface area contributed by atoms with Crippen molar-refractivity contribution in [1.29, 1.82) is 0 Å². The van der Waals surface area contributed by atoms with Gasteiger partial charge in [0, 0.05) is 0 Å². The Hall–Kier alpha value is -2.50. The molecule has 3 nitrogen and oxygen atoms in total. The van der Waals surface area contributed by atoms with Gasteiger partial charge in [0.25, 0.3) is 5.91 Å². The molecule has 0 aliphatic carbocycles. The van der Waals surface area contributed by atoms with Gasteiger partial charge in [0.05, 0.1) is 11.3 Å². The van der Waals surface area contributed by atoms with Crippen LogP contribution in [-0.2, 0) is 0 Å². The summed E-state index contributed by atoms with van der Waals surface area (Å²) in [7, 11) is 0. The number of nitrogens with two attached hydrogens (primary N) is 1. The molecule has 6 heteroatoms. The molecule has 20 heavy (non-hydrogen) atoms. The zero-order chi connectivity index (χ0) is 14.9. The van der Waals surface area contributed by atoms with Gasteiger partial charge >= 0.3 is 0 Å². The van der Waals surface area contributed by atoms with Crippen molar-refractivity contribution in [3.05, 3.63) is 58.9 Å². The summed E-state index contributed by atoms with van der Waals surface area (Å²) >= 11 is 0. The molecular weight excluding hydrogens is 269 g/mol. The molecule has 0 heterocycles. The lowest BCUT2D eigenvalue weighted by Crippen LogP contribution is -2.16. The maximum atomic E-state index is 13.6. The zero-order valence-corrected chi connectivity index (χ0v) is 10.5. The number of amides is 1. The van der Waals surface area contributed by atoms with Crippen LogP contribution in [0.2, 0.25) is 0 Å². The fourth-order valence-corrected chi connectivity index (χ4v) is 1.69. The highest BCUT2D eigenvalue weighted by Gasteiger charge is 2.17. The molecule has 0 saturated carbocycles. The van der Waals surface area contributed by atoms with Crippen molar-refractivity contribution in [2.45, 2.75) is 6.92 Å². The molecule has 3 N–H and O–H groups in total. The first-order valence-corrected chi connectivity index (χ1v) is 5.71. The van der Waals surface area contributed by atoms with E-state index in [1.807, 2.05) is 0 Å². The average molecular weight is 280 g/mol. The third-order valence-corrected chi connectivity index (χ3v) is 2.73. The SMILES string of the molecule is Cc1ccc(F)c(C(=O)Nc2c(N)ccc(F)c2F)c1. The first-order chi connectivity index (χ1) is 9.40. The second kappa shape index (κ2) is 5.24. The minimum Gasteiger partial charge on any atom is -0.397 e. The Morgan fingerprint density at radius 1 is 1.10 bits per heavy atom.